The zero-order valence-corrected chi connectivity index (χ0v) is 13.6. The van der Waals surface area contributed by atoms with E-state index in [1.54, 1.807) is 6.20 Å². The molecule has 1 aromatic carbocycles. The second-order valence-electron chi connectivity index (χ2n) is 5.67. The molecule has 25 heavy (non-hydrogen) atoms. The SMILES string of the molecule is N=CC(=CN)Cc1ccc(Cc2cc(-c3cccnc3N)on2)cc1. The molecule has 0 unspecified atom stereocenters. The summed E-state index contributed by atoms with van der Waals surface area (Å²) in [7, 11) is 0. The van der Waals surface area contributed by atoms with Crippen LogP contribution in [0.25, 0.3) is 11.3 Å². The van der Waals surface area contributed by atoms with E-state index in [0.717, 1.165) is 28.0 Å². The Kier molecular flexibility index (Phi) is 4.89. The number of rotatable bonds is 6. The van der Waals surface area contributed by atoms with Crippen molar-refractivity contribution in [2.24, 2.45) is 5.73 Å². The Morgan fingerprint density at radius 2 is 1.92 bits per heavy atom. The number of allylic oxidation sites excluding steroid dienone is 1. The number of benzene rings is 1. The molecule has 6 heteroatoms. The Morgan fingerprint density at radius 1 is 1.16 bits per heavy atom. The fraction of sp³-hybridized carbons (Fsp3) is 0.105. The normalized spacial score (nSPS) is 11.4. The van der Waals surface area contributed by atoms with Crippen LogP contribution in [-0.4, -0.2) is 16.4 Å². The van der Waals surface area contributed by atoms with Crippen molar-refractivity contribution in [3.8, 4) is 11.3 Å². The van der Waals surface area contributed by atoms with Gasteiger partial charge in [0.25, 0.3) is 0 Å². The Morgan fingerprint density at radius 3 is 2.60 bits per heavy atom. The van der Waals surface area contributed by atoms with E-state index in [-0.39, 0.29) is 0 Å². The van der Waals surface area contributed by atoms with Crippen molar-refractivity contribution in [2.75, 3.05) is 5.73 Å². The minimum absolute atomic E-state index is 0.421. The number of nitrogens with zero attached hydrogens (tertiary/aromatic N) is 2. The first-order chi connectivity index (χ1) is 12.2. The van der Waals surface area contributed by atoms with Gasteiger partial charge in [-0.2, -0.15) is 0 Å². The summed E-state index contributed by atoms with van der Waals surface area (Å²) >= 11 is 0. The van der Waals surface area contributed by atoms with Crippen molar-refractivity contribution in [3.63, 3.8) is 0 Å². The van der Waals surface area contributed by atoms with Crippen LogP contribution in [0.1, 0.15) is 16.8 Å². The van der Waals surface area contributed by atoms with Gasteiger partial charge in [-0.1, -0.05) is 29.4 Å². The van der Waals surface area contributed by atoms with Crippen LogP contribution < -0.4 is 11.5 Å². The Hall–Kier alpha value is -3.41. The van der Waals surface area contributed by atoms with Crippen LogP contribution in [0.15, 0.2) is 65.0 Å². The summed E-state index contributed by atoms with van der Waals surface area (Å²) in [4.78, 5) is 4.06. The smallest absolute Gasteiger partial charge is 0.170 e. The summed E-state index contributed by atoms with van der Waals surface area (Å²) in [5.74, 6) is 1.03. The van der Waals surface area contributed by atoms with Crippen LogP contribution in [0.5, 0.6) is 0 Å². The van der Waals surface area contributed by atoms with Gasteiger partial charge in [-0.3, -0.25) is 0 Å². The first-order valence-electron chi connectivity index (χ1n) is 7.85. The van der Waals surface area contributed by atoms with Crippen LogP contribution in [0.4, 0.5) is 5.82 Å². The zero-order valence-electron chi connectivity index (χ0n) is 13.6. The van der Waals surface area contributed by atoms with E-state index < -0.39 is 0 Å². The molecule has 0 radical (unpaired) electrons. The van der Waals surface area contributed by atoms with E-state index in [1.807, 2.05) is 42.5 Å². The van der Waals surface area contributed by atoms with Gasteiger partial charge in [0.1, 0.15) is 5.82 Å². The topological polar surface area (TPSA) is 115 Å². The molecule has 0 atom stereocenters. The Bertz CT molecular complexity index is 896. The summed E-state index contributed by atoms with van der Waals surface area (Å²) in [6.07, 6.45) is 5.68. The van der Waals surface area contributed by atoms with Crippen molar-refractivity contribution < 1.29 is 4.52 Å². The highest BCUT2D eigenvalue weighted by molar-refractivity contribution is 5.76. The number of pyridine rings is 1. The summed E-state index contributed by atoms with van der Waals surface area (Å²) in [5, 5.41) is 11.4. The summed E-state index contributed by atoms with van der Waals surface area (Å²) < 4.78 is 5.39. The molecule has 0 aliphatic carbocycles. The standard InChI is InChI=1S/C19H19N5O/c20-11-15(12-21)8-13-3-5-14(6-4-13)9-16-10-18(25-24-16)17-2-1-7-23-19(17)22/h1-7,10-12,20H,8-9,21H2,(H2,22,23). The lowest BCUT2D eigenvalue weighted by Gasteiger charge is -2.03. The van der Waals surface area contributed by atoms with Gasteiger partial charge in [0.2, 0.25) is 0 Å². The molecular weight excluding hydrogens is 314 g/mol. The molecule has 5 N–H and O–H groups in total. The quantitative estimate of drug-likeness (QED) is 0.600. The molecule has 126 valence electrons. The van der Waals surface area contributed by atoms with Crippen molar-refractivity contribution in [1.29, 1.82) is 5.41 Å². The van der Waals surface area contributed by atoms with Gasteiger partial charge in [-0.25, -0.2) is 4.98 Å². The highest BCUT2D eigenvalue weighted by Crippen LogP contribution is 2.25. The van der Waals surface area contributed by atoms with Crippen LogP contribution in [0.3, 0.4) is 0 Å². The third-order valence-electron chi connectivity index (χ3n) is 3.88. The fourth-order valence-electron chi connectivity index (χ4n) is 2.53. The van der Waals surface area contributed by atoms with E-state index in [0.29, 0.717) is 24.4 Å². The number of nitrogen functional groups attached to an aromatic ring is 1. The lowest BCUT2D eigenvalue weighted by atomic mass is 10.0. The molecule has 0 saturated heterocycles. The van der Waals surface area contributed by atoms with Crippen molar-refractivity contribution in [1.82, 2.24) is 10.1 Å². The van der Waals surface area contributed by atoms with Gasteiger partial charge in [0.05, 0.1) is 11.3 Å². The molecule has 2 aromatic heterocycles. The lowest BCUT2D eigenvalue weighted by Crippen LogP contribution is -1.96. The predicted octanol–water partition coefficient (Wildman–Crippen LogP) is 2.94. The molecule has 6 nitrogen and oxygen atoms in total. The minimum atomic E-state index is 0.421. The molecule has 0 amide bonds. The Balaban J connectivity index is 1.71. The maximum absolute atomic E-state index is 7.28. The molecule has 2 heterocycles. The average Bonchev–Trinajstić information content (AvgIpc) is 3.09. The van der Waals surface area contributed by atoms with Crippen LogP contribution in [-0.2, 0) is 12.8 Å². The molecule has 0 bridgehead atoms. The first kappa shape index (κ1) is 16.4. The number of hydrogen-bond donors (Lipinski definition) is 3. The highest BCUT2D eigenvalue weighted by atomic mass is 16.5. The summed E-state index contributed by atoms with van der Waals surface area (Å²) in [6, 6.07) is 13.7. The number of nitrogens with one attached hydrogen (secondary N) is 1. The zero-order chi connectivity index (χ0) is 17.6. The molecule has 0 saturated carbocycles. The average molecular weight is 333 g/mol. The third-order valence-corrected chi connectivity index (χ3v) is 3.88. The molecule has 0 spiro atoms. The molecule has 3 aromatic rings. The van der Waals surface area contributed by atoms with E-state index in [2.05, 4.69) is 10.1 Å². The largest absolute Gasteiger partial charge is 0.404 e. The van der Waals surface area contributed by atoms with Gasteiger partial charge in [0, 0.05) is 31.3 Å². The van der Waals surface area contributed by atoms with E-state index >= 15 is 0 Å². The maximum atomic E-state index is 7.28. The number of hydrogen-bond acceptors (Lipinski definition) is 6. The maximum Gasteiger partial charge on any atom is 0.170 e. The van der Waals surface area contributed by atoms with E-state index in [1.165, 1.54) is 12.4 Å². The van der Waals surface area contributed by atoms with Gasteiger partial charge in [-0.05, 0) is 35.0 Å². The summed E-state index contributed by atoms with van der Waals surface area (Å²) in [6.45, 7) is 0. The van der Waals surface area contributed by atoms with Crippen LogP contribution in [0, 0.1) is 5.41 Å². The predicted molar refractivity (Wildman–Crippen MR) is 98.2 cm³/mol. The third kappa shape index (κ3) is 3.92. The van der Waals surface area contributed by atoms with Gasteiger partial charge in [-0.15, -0.1) is 0 Å². The van der Waals surface area contributed by atoms with Gasteiger partial charge in [0.15, 0.2) is 5.76 Å². The second-order valence-corrected chi connectivity index (χ2v) is 5.67. The van der Waals surface area contributed by atoms with Crippen LogP contribution >= 0.6 is 0 Å². The van der Waals surface area contributed by atoms with Crippen molar-refractivity contribution in [3.05, 3.63) is 77.3 Å². The molecule has 0 aliphatic heterocycles. The fourth-order valence-corrected chi connectivity index (χ4v) is 2.53. The first-order valence-corrected chi connectivity index (χ1v) is 7.85. The van der Waals surface area contributed by atoms with Gasteiger partial charge >= 0.3 is 0 Å². The lowest BCUT2D eigenvalue weighted by molar-refractivity contribution is 0.425. The Labute approximate surface area is 145 Å². The number of aromatic nitrogens is 2. The number of anilines is 1. The van der Waals surface area contributed by atoms with Crippen molar-refractivity contribution >= 4 is 12.0 Å². The molecular formula is C19H19N5O. The van der Waals surface area contributed by atoms with E-state index in [4.69, 9.17) is 21.4 Å². The molecule has 3 rings (SSSR count). The van der Waals surface area contributed by atoms with Crippen LogP contribution in [0.2, 0.25) is 0 Å². The highest BCUT2D eigenvalue weighted by Gasteiger charge is 2.10. The monoisotopic (exact) mass is 333 g/mol. The molecule has 0 aliphatic rings. The van der Waals surface area contributed by atoms with E-state index in [9.17, 15) is 0 Å². The van der Waals surface area contributed by atoms with Crippen molar-refractivity contribution in [2.45, 2.75) is 12.8 Å². The molecule has 0 fully saturated rings. The second kappa shape index (κ2) is 7.44. The van der Waals surface area contributed by atoms with Gasteiger partial charge < -0.3 is 21.4 Å². The summed E-state index contributed by atoms with van der Waals surface area (Å²) in [5.41, 5.74) is 15.9. The number of nitrogens with two attached hydrogens (primary N) is 2. The minimum Gasteiger partial charge on any atom is -0.404 e.